The van der Waals surface area contributed by atoms with Crippen molar-refractivity contribution in [3.63, 3.8) is 0 Å². The second kappa shape index (κ2) is 49.0. The van der Waals surface area contributed by atoms with Crippen molar-refractivity contribution >= 4 is 115 Å². The number of hydrogen-bond acceptors (Lipinski definition) is 10. The standard InChI is InChI=1S/C11H12ClFO2.C10H12ClFO3S.C9H9ClFN3.C9H11ClFN.C9H8ClFO2.C9H6ClFO2.C9H10ClFO/c1-2-15-11(14)6-4-8-3-5-9(12)7-10(8)13;1-16(13,14)15-6-2-3-8-4-5-9(11)7-10(8)12;10-8-4-3-7(9(11)6-8)2-1-5-13-14-12;10-8-4-3-7(2-1-5-12)9(11)6-8;2*10-7-3-1-6(8(11)5-7)2-4-9(12)13;10-8-4-3-7(2-1-5-12)9(11)6-8/h3,5,7H,2,4,6H2,1H3;4-5,7H,2-3,6H2,1H3;3-4,6H,1-2,5H2;3-4,6H,1-2,5,12H2;1,3,5H,2,4H2,(H,12,13);1-5H,(H,12,13);3-4,6,12H,1-2,5H2/b;;;;;4-2+;. The Labute approximate surface area is 582 Å². The van der Waals surface area contributed by atoms with Gasteiger partial charge in [0.1, 0.15) is 40.7 Å². The van der Waals surface area contributed by atoms with Crippen molar-refractivity contribution in [2.45, 2.75) is 84.0 Å². The second-order valence-electron chi connectivity index (χ2n) is 19.4. The maximum Gasteiger partial charge on any atom is 0.328 e. The van der Waals surface area contributed by atoms with Crippen LogP contribution in [0.4, 0.5) is 30.7 Å². The van der Waals surface area contributed by atoms with Gasteiger partial charge in [-0.3, -0.25) is 13.8 Å². The summed E-state index contributed by atoms with van der Waals surface area (Å²) in [7, 11) is -3.41. The number of carbonyl (C=O) groups is 3. The predicted molar refractivity (Wildman–Crippen MR) is 362 cm³/mol. The molecule has 14 nitrogen and oxygen atoms in total. The topological polar surface area (TPSA) is 239 Å². The summed E-state index contributed by atoms with van der Waals surface area (Å²) in [5.41, 5.74) is 16.8. The Bertz CT molecular complexity index is 3670. The van der Waals surface area contributed by atoms with Crippen molar-refractivity contribution in [2.24, 2.45) is 10.8 Å². The molecule has 0 aliphatic heterocycles. The average molecular weight is 1490 g/mol. The van der Waals surface area contributed by atoms with Crippen molar-refractivity contribution in [1.82, 2.24) is 0 Å². The van der Waals surface area contributed by atoms with E-state index in [-0.39, 0.29) is 78.1 Å². The summed E-state index contributed by atoms with van der Waals surface area (Å²) in [6.07, 6.45) is 8.34. The molecule has 7 aromatic carbocycles. The number of nitrogens with zero attached hydrogens (tertiary/aromatic N) is 3. The third-order valence-corrected chi connectivity index (χ3v) is 14.1. The summed E-state index contributed by atoms with van der Waals surface area (Å²) in [5.74, 6) is -4.96. The number of nitrogens with two attached hydrogens (primary N) is 1. The highest BCUT2D eigenvalue weighted by Gasteiger charge is 2.10. The number of carboxylic acids is 2. The number of esters is 1. The van der Waals surface area contributed by atoms with E-state index in [1.807, 2.05) is 0 Å². The number of hydrogen-bond donors (Lipinski definition) is 4. The Morgan fingerprint density at radius 2 is 0.863 bits per heavy atom. The van der Waals surface area contributed by atoms with Gasteiger partial charge in [0, 0.05) is 77.7 Å². The molecular weight excluding hydrogens is 1420 g/mol. The Morgan fingerprint density at radius 3 is 1.18 bits per heavy atom. The molecule has 0 aliphatic carbocycles. The van der Waals surface area contributed by atoms with E-state index in [2.05, 4.69) is 14.2 Å². The number of aliphatic hydroxyl groups excluding tert-OH is 1. The van der Waals surface area contributed by atoms with E-state index >= 15 is 0 Å². The zero-order chi connectivity index (χ0) is 71.5. The van der Waals surface area contributed by atoms with Crippen LogP contribution >= 0.6 is 81.2 Å². The number of rotatable bonds is 24. The van der Waals surface area contributed by atoms with E-state index in [9.17, 15) is 53.5 Å². The predicted octanol–water partition coefficient (Wildman–Crippen LogP) is 18.9. The highest BCUT2D eigenvalue weighted by molar-refractivity contribution is 7.86. The second-order valence-corrected chi connectivity index (χ2v) is 24.1. The van der Waals surface area contributed by atoms with Gasteiger partial charge in [-0.1, -0.05) is 129 Å². The number of aliphatic hydroxyl groups is 1. The van der Waals surface area contributed by atoms with Gasteiger partial charge in [0.25, 0.3) is 10.1 Å². The minimum Gasteiger partial charge on any atom is -0.481 e. The smallest absolute Gasteiger partial charge is 0.328 e. The number of aliphatic carboxylic acids is 2. The van der Waals surface area contributed by atoms with E-state index in [0.717, 1.165) is 24.8 Å². The molecule has 0 heterocycles. The fraction of sp³-hybridized carbons (Fsp3) is 0.288. The van der Waals surface area contributed by atoms with Crippen LogP contribution in [0.15, 0.2) is 139 Å². The van der Waals surface area contributed by atoms with Crippen molar-refractivity contribution in [3.05, 3.63) is 259 Å². The molecule has 0 fully saturated rings. The molecule has 0 atom stereocenters. The lowest BCUT2D eigenvalue weighted by Gasteiger charge is -2.03. The first-order chi connectivity index (χ1) is 44.9. The highest BCUT2D eigenvalue weighted by atomic mass is 35.5. The van der Waals surface area contributed by atoms with Crippen molar-refractivity contribution in [1.29, 1.82) is 0 Å². The zero-order valence-electron chi connectivity index (χ0n) is 51.1. The minimum absolute atomic E-state index is 0.0564. The fourth-order valence-electron chi connectivity index (χ4n) is 7.28. The SMILES string of the molecule is CCOC(=O)CCc1ccc(Cl)cc1F.CS(=O)(=O)OCCCc1ccc(Cl)cc1F.NCCCc1ccc(Cl)cc1F.O=C(O)/C=C/c1ccc(Cl)cc1F.O=C(O)CCc1ccc(Cl)cc1F.OCCCc1ccc(Cl)cc1F.[N-]=[N+]=NCCCc1ccc(Cl)cc1F. The summed E-state index contributed by atoms with van der Waals surface area (Å²) in [4.78, 5) is 34.0. The van der Waals surface area contributed by atoms with E-state index in [1.54, 1.807) is 73.7 Å². The lowest BCUT2D eigenvalue weighted by molar-refractivity contribution is -0.143. The largest absolute Gasteiger partial charge is 0.481 e. The number of carbonyl (C=O) groups excluding carboxylic acids is 1. The molecule has 0 unspecified atom stereocenters. The number of halogens is 14. The van der Waals surface area contributed by atoms with Crippen LogP contribution in [-0.4, -0.2) is 80.8 Å². The third kappa shape index (κ3) is 41.2. The molecule has 516 valence electrons. The van der Waals surface area contributed by atoms with Gasteiger partial charge in [-0.05, 0) is 208 Å². The lowest BCUT2D eigenvalue weighted by Crippen LogP contribution is -2.05. The average Bonchev–Trinajstić information content (AvgIpc) is 1.41. The maximum atomic E-state index is 13.3. The summed E-state index contributed by atoms with van der Waals surface area (Å²) in [5, 5.41) is 31.1. The number of ether oxygens (including phenoxy) is 1. The summed E-state index contributed by atoms with van der Waals surface area (Å²) in [6.45, 7) is 3.20. The van der Waals surface area contributed by atoms with E-state index in [4.69, 9.17) is 113 Å². The molecule has 0 spiro atoms. The van der Waals surface area contributed by atoms with Crippen LogP contribution in [0.5, 0.6) is 0 Å². The molecule has 0 saturated carbocycles. The Morgan fingerprint density at radius 1 is 0.526 bits per heavy atom. The summed E-state index contributed by atoms with van der Waals surface area (Å²) < 4.78 is 122. The van der Waals surface area contributed by atoms with Crippen LogP contribution < -0.4 is 5.73 Å². The molecular formula is C66H68Cl7F7N4O10S. The zero-order valence-corrected chi connectivity index (χ0v) is 57.2. The Balaban J connectivity index is 0.000000555. The quantitative estimate of drug-likeness (QED) is 0.00648. The van der Waals surface area contributed by atoms with Gasteiger partial charge in [-0.25, -0.2) is 35.5 Å². The van der Waals surface area contributed by atoms with Gasteiger partial charge in [-0.15, -0.1) is 0 Å². The first-order valence-electron chi connectivity index (χ1n) is 28.4. The van der Waals surface area contributed by atoms with Gasteiger partial charge < -0.3 is 25.8 Å². The molecule has 7 rings (SSSR count). The van der Waals surface area contributed by atoms with Gasteiger partial charge in [0.2, 0.25) is 0 Å². The molecule has 7 aromatic rings. The number of carboxylic acid groups (broad SMARTS) is 2. The molecule has 0 radical (unpaired) electrons. The highest BCUT2D eigenvalue weighted by Crippen LogP contribution is 2.22. The van der Waals surface area contributed by atoms with Gasteiger partial charge in [0.05, 0.1) is 19.5 Å². The number of benzene rings is 7. The van der Waals surface area contributed by atoms with Crippen LogP contribution in [0.1, 0.15) is 84.4 Å². The monoisotopic (exact) mass is 1490 g/mol. The Kier molecular flexibility index (Phi) is 44.5. The van der Waals surface area contributed by atoms with E-state index in [0.29, 0.717) is 135 Å². The first kappa shape index (κ1) is 86.4. The first-order valence-corrected chi connectivity index (χ1v) is 32.9. The minimum atomic E-state index is -3.41. The van der Waals surface area contributed by atoms with Crippen LogP contribution in [0.2, 0.25) is 35.2 Å². The summed E-state index contributed by atoms with van der Waals surface area (Å²) >= 11 is 39.0. The fourth-order valence-corrected chi connectivity index (χ4v) is 8.81. The molecule has 95 heavy (non-hydrogen) atoms. The van der Waals surface area contributed by atoms with Crippen molar-refractivity contribution in [3.8, 4) is 0 Å². The maximum absolute atomic E-state index is 13.3. The normalized spacial score (nSPS) is 10.4. The number of aryl methyl sites for hydroxylation is 6. The lowest BCUT2D eigenvalue weighted by atomic mass is 10.1. The van der Waals surface area contributed by atoms with Crippen molar-refractivity contribution in [2.75, 3.05) is 39.2 Å². The van der Waals surface area contributed by atoms with Crippen molar-refractivity contribution < 1.29 is 77.8 Å². The van der Waals surface area contributed by atoms with Gasteiger partial charge in [0.15, 0.2) is 0 Å². The molecule has 5 N–H and O–H groups in total. The molecule has 0 aromatic heterocycles. The van der Waals surface area contributed by atoms with Gasteiger partial charge >= 0.3 is 17.9 Å². The number of azide groups is 1. The molecule has 0 aliphatic rings. The molecule has 0 bridgehead atoms. The summed E-state index contributed by atoms with van der Waals surface area (Å²) in [6, 6.07) is 31.0. The third-order valence-electron chi connectivity index (χ3n) is 11.9. The molecule has 29 heteroatoms. The van der Waals surface area contributed by atoms with Gasteiger partial charge in [-0.2, -0.15) is 8.42 Å². The van der Waals surface area contributed by atoms with Crippen LogP contribution in [0.25, 0.3) is 16.5 Å². The van der Waals surface area contributed by atoms with E-state index in [1.165, 1.54) is 60.7 Å². The molecule has 0 amide bonds. The van der Waals surface area contributed by atoms with Crippen LogP contribution in [0, 0.1) is 40.7 Å². The Hall–Kier alpha value is -6.63. The van der Waals surface area contributed by atoms with Crippen LogP contribution in [-0.2, 0) is 71.9 Å². The van der Waals surface area contributed by atoms with Crippen LogP contribution in [0.3, 0.4) is 0 Å². The van der Waals surface area contributed by atoms with E-state index < -0.39 is 33.7 Å². The molecule has 0 saturated heterocycles.